The fraction of sp³-hybridized carbons (Fsp3) is 0.350. The number of anilines is 2. The third kappa shape index (κ3) is 4.48. The van der Waals surface area contributed by atoms with E-state index in [-0.39, 0.29) is 11.7 Å². The van der Waals surface area contributed by atoms with Gasteiger partial charge < -0.3 is 5.32 Å². The van der Waals surface area contributed by atoms with Crippen molar-refractivity contribution in [1.29, 1.82) is 0 Å². The lowest BCUT2D eigenvalue weighted by Gasteiger charge is -2.29. The van der Waals surface area contributed by atoms with Crippen molar-refractivity contribution >= 4 is 27.3 Å². The third-order valence-electron chi connectivity index (χ3n) is 4.63. The van der Waals surface area contributed by atoms with Crippen molar-refractivity contribution in [2.75, 3.05) is 36.0 Å². The highest BCUT2D eigenvalue weighted by Crippen LogP contribution is 2.27. The molecule has 0 spiro atoms. The Morgan fingerprint density at radius 2 is 1.81 bits per heavy atom. The zero-order valence-electron chi connectivity index (χ0n) is 15.6. The number of sulfonamides is 1. The molecule has 1 fully saturated rings. The lowest BCUT2D eigenvalue weighted by Crippen LogP contribution is -2.37. The summed E-state index contributed by atoms with van der Waals surface area (Å²) >= 11 is 0. The maximum atomic E-state index is 12.9. The number of nitrogens with zero attached hydrogens (tertiary/aromatic N) is 2. The molecule has 2 aromatic carbocycles. The second kappa shape index (κ2) is 8.10. The van der Waals surface area contributed by atoms with Gasteiger partial charge in [0.05, 0.1) is 11.4 Å². The minimum absolute atomic E-state index is 0.162. The van der Waals surface area contributed by atoms with Crippen LogP contribution in [0.5, 0.6) is 0 Å². The van der Waals surface area contributed by atoms with Crippen molar-refractivity contribution in [2.45, 2.75) is 18.9 Å². The molecule has 0 bridgehead atoms. The van der Waals surface area contributed by atoms with Gasteiger partial charge in [0.15, 0.2) is 0 Å². The van der Waals surface area contributed by atoms with Crippen molar-refractivity contribution in [3.05, 3.63) is 60.2 Å². The van der Waals surface area contributed by atoms with E-state index in [2.05, 4.69) is 5.32 Å². The Kier molecular flexibility index (Phi) is 5.82. The molecule has 1 saturated heterocycles. The van der Waals surface area contributed by atoms with Gasteiger partial charge in [-0.3, -0.25) is 14.0 Å². The van der Waals surface area contributed by atoms with Crippen LogP contribution in [0.3, 0.4) is 0 Å². The highest BCUT2D eigenvalue weighted by molar-refractivity contribution is 7.92. The van der Waals surface area contributed by atoms with Gasteiger partial charge in [-0.2, -0.15) is 0 Å². The van der Waals surface area contributed by atoms with E-state index in [1.54, 1.807) is 24.3 Å². The highest BCUT2D eigenvalue weighted by Gasteiger charge is 2.27. The molecule has 27 heavy (non-hydrogen) atoms. The van der Waals surface area contributed by atoms with Crippen LogP contribution in [0.25, 0.3) is 0 Å². The summed E-state index contributed by atoms with van der Waals surface area (Å²) in [5.74, 6) is 0.00479. The van der Waals surface area contributed by atoms with E-state index in [9.17, 15) is 13.2 Å². The summed E-state index contributed by atoms with van der Waals surface area (Å²) in [4.78, 5) is 14.7. The van der Waals surface area contributed by atoms with Crippen LogP contribution < -0.4 is 9.62 Å². The van der Waals surface area contributed by atoms with Crippen LogP contribution in [-0.4, -0.2) is 45.6 Å². The number of amides is 1. The van der Waals surface area contributed by atoms with Crippen molar-refractivity contribution in [1.82, 2.24) is 4.90 Å². The first kappa shape index (κ1) is 19.4. The molecule has 0 aromatic heterocycles. The molecule has 6 nitrogen and oxygen atoms in total. The molecule has 7 heteroatoms. The number of hydrogen-bond acceptors (Lipinski definition) is 4. The van der Waals surface area contributed by atoms with Gasteiger partial charge in [-0.15, -0.1) is 0 Å². The van der Waals surface area contributed by atoms with Crippen molar-refractivity contribution < 1.29 is 13.2 Å². The van der Waals surface area contributed by atoms with E-state index in [0.29, 0.717) is 24.3 Å². The molecule has 1 amide bonds. The lowest BCUT2D eigenvalue weighted by atomic mass is 10.1. The minimum atomic E-state index is -3.28. The molecule has 0 aliphatic carbocycles. The molecular weight excluding hydrogens is 362 g/mol. The molecule has 3 rings (SSSR count). The van der Waals surface area contributed by atoms with Gasteiger partial charge in [0.2, 0.25) is 15.9 Å². The standard InChI is InChI=1S/C20H25N3O3S/c1-22(2)19(16-9-4-3-5-10-16)20(24)21-17-11-8-12-18(15-17)23-13-6-7-14-27(23,25)26/h3-5,8-12,15,19H,6-7,13-14H2,1-2H3,(H,21,24). The molecule has 2 aromatic rings. The van der Waals surface area contributed by atoms with E-state index in [4.69, 9.17) is 0 Å². The first-order valence-corrected chi connectivity index (χ1v) is 10.6. The summed E-state index contributed by atoms with van der Waals surface area (Å²) in [5.41, 5.74) is 2.07. The fourth-order valence-corrected chi connectivity index (χ4v) is 4.98. The molecule has 1 atom stereocenters. The van der Waals surface area contributed by atoms with E-state index < -0.39 is 16.1 Å². The monoisotopic (exact) mass is 387 g/mol. The largest absolute Gasteiger partial charge is 0.324 e. The Labute approximate surface area is 160 Å². The Bertz CT molecular complexity index is 898. The minimum Gasteiger partial charge on any atom is -0.324 e. The van der Waals surface area contributed by atoms with E-state index in [0.717, 1.165) is 12.0 Å². The van der Waals surface area contributed by atoms with Crippen LogP contribution in [0.1, 0.15) is 24.4 Å². The van der Waals surface area contributed by atoms with Gasteiger partial charge in [-0.05, 0) is 50.7 Å². The van der Waals surface area contributed by atoms with Gasteiger partial charge in [-0.1, -0.05) is 36.4 Å². The molecule has 1 heterocycles. The first-order chi connectivity index (χ1) is 12.9. The maximum absolute atomic E-state index is 12.9. The summed E-state index contributed by atoms with van der Waals surface area (Å²) in [5, 5.41) is 2.93. The van der Waals surface area contributed by atoms with Gasteiger partial charge in [0.25, 0.3) is 0 Å². The Morgan fingerprint density at radius 3 is 2.48 bits per heavy atom. The first-order valence-electron chi connectivity index (χ1n) is 9.01. The summed E-state index contributed by atoms with van der Waals surface area (Å²) < 4.78 is 26.1. The smallest absolute Gasteiger partial charge is 0.246 e. The van der Waals surface area contributed by atoms with E-state index in [1.807, 2.05) is 49.3 Å². The Morgan fingerprint density at radius 1 is 1.07 bits per heavy atom. The average Bonchev–Trinajstić information content (AvgIpc) is 2.62. The SMILES string of the molecule is CN(C)C(C(=O)Nc1cccc(N2CCCCS2(=O)=O)c1)c1ccccc1. The van der Waals surface area contributed by atoms with Crippen molar-refractivity contribution in [2.24, 2.45) is 0 Å². The number of rotatable bonds is 5. The van der Waals surface area contributed by atoms with E-state index in [1.165, 1.54) is 4.31 Å². The van der Waals surface area contributed by atoms with E-state index >= 15 is 0 Å². The Hall–Kier alpha value is -2.38. The average molecular weight is 388 g/mol. The topological polar surface area (TPSA) is 69.7 Å². The molecular formula is C20H25N3O3S. The van der Waals surface area contributed by atoms with Crippen LogP contribution in [-0.2, 0) is 14.8 Å². The Balaban J connectivity index is 1.82. The van der Waals surface area contributed by atoms with Crippen molar-refractivity contribution in [3.63, 3.8) is 0 Å². The number of carbonyl (C=O) groups excluding carboxylic acids is 1. The second-order valence-corrected chi connectivity index (χ2v) is 8.92. The number of carbonyl (C=O) groups is 1. The number of hydrogen-bond donors (Lipinski definition) is 1. The normalized spacial score (nSPS) is 17.5. The summed E-state index contributed by atoms with van der Waals surface area (Å²) in [7, 11) is 0.428. The molecule has 1 N–H and O–H groups in total. The summed E-state index contributed by atoms with van der Waals surface area (Å²) in [6, 6.07) is 16.1. The number of likely N-dealkylation sites (N-methyl/N-ethyl adjacent to an activating group) is 1. The van der Waals surface area contributed by atoms with Crippen LogP contribution in [0, 0.1) is 0 Å². The molecule has 1 aliphatic heterocycles. The maximum Gasteiger partial charge on any atom is 0.246 e. The number of nitrogens with one attached hydrogen (secondary N) is 1. The zero-order chi connectivity index (χ0) is 19.4. The predicted octanol–water partition coefficient (Wildman–Crippen LogP) is 2.86. The molecule has 144 valence electrons. The van der Waals surface area contributed by atoms with Crippen molar-refractivity contribution in [3.8, 4) is 0 Å². The highest BCUT2D eigenvalue weighted by atomic mass is 32.2. The quantitative estimate of drug-likeness (QED) is 0.857. The van der Waals surface area contributed by atoms with Gasteiger partial charge >= 0.3 is 0 Å². The zero-order valence-corrected chi connectivity index (χ0v) is 16.4. The summed E-state index contributed by atoms with van der Waals surface area (Å²) in [6.07, 6.45) is 1.53. The predicted molar refractivity (Wildman–Crippen MR) is 108 cm³/mol. The van der Waals surface area contributed by atoms with Crippen LogP contribution in [0.4, 0.5) is 11.4 Å². The molecule has 0 radical (unpaired) electrons. The van der Waals surface area contributed by atoms with Gasteiger partial charge in [-0.25, -0.2) is 8.42 Å². The van der Waals surface area contributed by atoms with Crippen LogP contribution in [0.15, 0.2) is 54.6 Å². The number of benzene rings is 2. The van der Waals surface area contributed by atoms with Gasteiger partial charge in [0, 0.05) is 12.2 Å². The molecule has 1 unspecified atom stereocenters. The second-order valence-electron chi connectivity index (χ2n) is 6.91. The molecule has 0 saturated carbocycles. The lowest BCUT2D eigenvalue weighted by molar-refractivity contribution is -0.120. The van der Waals surface area contributed by atoms with Gasteiger partial charge in [0.1, 0.15) is 6.04 Å². The third-order valence-corrected chi connectivity index (χ3v) is 6.50. The fourth-order valence-electron chi connectivity index (χ4n) is 3.35. The molecule has 1 aliphatic rings. The van der Waals surface area contributed by atoms with Crippen LogP contribution in [0.2, 0.25) is 0 Å². The summed E-state index contributed by atoms with van der Waals surface area (Å²) in [6.45, 7) is 0.476. The van der Waals surface area contributed by atoms with Crippen LogP contribution >= 0.6 is 0 Å².